The van der Waals surface area contributed by atoms with Crippen LogP contribution >= 0.6 is 15.9 Å². The molecule has 2 aliphatic rings. The molecule has 0 atom stereocenters. The van der Waals surface area contributed by atoms with Crippen LogP contribution < -0.4 is 0 Å². The molecule has 3 rings (SSSR count). The predicted molar refractivity (Wildman–Crippen MR) is 89.9 cm³/mol. The molecule has 1 fully saturated rings. The van der Waals surface area contributed by atoms with Crippen molar-refractivity contribution < 1.29 is 14.6 Å². The normalized spacial score (nSPS) is 23.8. The van der Waals surface area contributed by atoms with E-state index in [0.717, 1.165) is 28.4 Å². The number of carbonyl (C=O) groups is 1. The van der Waals surface area contributed by atoms with Gasteiger partial charge in [-0.3, -0.25) is 4.79 Å². The Labute approximate surface area is 139 Å². The fraction of sp³-hybridized carbons (Fsp3) is 0.500. The third kappa shape index (κ3) is 2.52. The number of ketones is 1. The van der Waals surface area contributed by atoms with Gasteiger partial charge in [0.15, 0.2) is 5.78 Å². The first kappa shape index (κ1) is 15.8. The van der Waals surface area contributed by atoms with Crippen molar-refractivity contribution in [3.63, 3.8) is 0 Å². The third-order valence-electron chi connectivity index (χ3n) is 4.39. The van der Waals surface area contributed by atoms with E-state index < -0.39 is 11.2 Å². The van der Waals surface area contributed by atoms with Crippen molar-refractivity contribution in [1.82, 2.24) is 0 Å². The SMILES string of the molecule is CC1(C)OC(C)(C)C(O)=C(c2cc(Br)ccc2C2CC2)C1=O. The highest BCUT2D eigenvalue weighted by Gasteiger charge is 2.47. The molecule has 0 saturated heterocycles. The van der Waals surface area contributed by atoms with Gasteiger partial charge < -0.3 is 9.84 Å². The van der Waals surface area contributed by atoms with E-state index in [-0.39, 0.29) is 11.5 Å². The molecule has 1 aliphatic heterocycles. The lowest BCUT2D eigenvalue weighted by Gasteiger charge is -2.40. The molecule has 118 valence electrons. The lowest BCUT2D eigenvalue weighted by Crippen LogP contribution is -2.49. The molecule has 1 heterocycles. The smallest absolute Gasteiger partial charge is 0.198 e. The topological polar surface area (TPSA) is 46.5 Å². The van der Waals surface area contributed by atoms with Crippen LogP contribution in [0.25, 0.3) is 5.57 Å². The number of carbonyl (C=O) groups excluding carboxylic acids is 1. The molecular weight excluding hydrogens is 344 g/mol. The Morgan fingerprint density at radius 1 is 1.18 bits per heavy atom. The van der Waals surface area contributed by atoms with Gasteiger partial charge in [0, 0.05) is 4.47 Å². The van der Waals surface area contributed by atoms with E-state index in [1.54, 1.807) is 27.7 Å². The van der Waals surface area contributed by atoms with Crippen molar-refractivity contribution in [3.8, 4) is 0 Å². The molecule has 0 bridgehead atoms. The maximum atomic E-state index is 12.9. The van der Waals surface area contributed by atoms with Gasteiger partial charge in [0.05, 0.1) is 5.57 Å². The summed E-state index contributed by atoms with van der Waals surface area (Å²) in [6.45, 7) is 7.12. The lowest BCUT2D eigenvalue weighted by molar-refractivity contribution is -0.158. The molecule has 0 unspecified atom stereocenters. The molecule has 1 saturated carbocycles. The predicted octanol–water partition coefficient (Wildman–Crippen LogP) is 4.75. The van der Waals surface area contributed by atoms with Crippen LogP contribution in [-0.4, -0.2) is 22.1 Å². The monoisotopic (exact) mass is 364 g/mol. The largest absolute Gasteiger partial charge is 0.508 e. The highest BCUT2D eigenvalue weighted by molar-refractivity contribution is 9.10. The molecule has 0 radical (unpaired) electrons. The van der Waals surface area contributed by atoms with Gasteiger partial charge in [-0.15, -0.1) is 0 Å². The Bertz CT molecular complexity index is 682. The van der Waals surface area contributed by atoms with Gasteiger partial charge in [-0.1, -0.05) is 22.0 Å². The number of hydrogen-bond donors (Lipinski definition) is 1. The fourth-order valence-electron chi connectivity index (χ4n) is 3.19. The molecule has 1 N–H and O–H groups in total. The van der Waals surface area contributed by atoms with Crippen LogP contribution in [0.5, 0.6) is 0 Å². The van der Waals surface area contributed by atoms with Crippen LogP contribution in [0.2, 0.25) is 0 Å². The van der Waals surface area contributed by atoms with E-state index in [9.17, 15) is 9.90 Å². The van der Waals surface area contributed by atoms with Crippen LogP contribution in [0.1, 0.15) is 57.6 Å². The Morgan fingerprint density at radius 2 is 1.82 bits per heavy atom. The van der Waals surface area contributed by atoms with Crippen LogP contribution in [0, 0.1) is 0 Å². The lowest BCUT2D eigenvalue weighted by atomic mass is 9.81. The van der Waals surface area contributed by atoms with E-state index in [2.05, 4.69) is 22.0 Å². The zero-order chi connectivity index (χ0) is 16.3. The molecule has 1 aromatic rings. The van der Waals surface area contributed by atoms with Gasteiger partial charge in [0.2, 0.25) is 0 Å². The average Bonchev–Trinajstić information content (AvgIpc) is 3.21. The van der Waals surface area contributed by atoms with Crippen LogP contribution in [0.3, 0.4) is 0 Å². The standard InChI is InChI=1S/C18H21BrO3/c1-17(2)15(20)14(16(21)18(3,4)22-17)13-9-11(19)7-8-12(13)10-5-6-10/h7-10,20H,5-6H2,1-4H3. The first-order valence-electron chi connectivity index (χ1n) is 7.62. The summed E-state index contributed by atoms with van der Waals surface area (Å²) >= 11 is 3.48. The summed E-state index contributed by atoms with van der Waals surface area (Å²) in [7, 11) is 0. The van der Waals surface area contributed by atoms with Crippen molar-refractivity contribution in [2.75, 3.05) is 0 Å². The summed E-state index contributed by atoms with van der Waals surface area (Å²) in [5.41, 5.74) is 0.559. The van der Waals surface area contributed by atoms with E-state index >= 15 is 0 Å². The van der Waals surface area contributed by atoms with Crippen molar-refractivity contribution in [2.45, 2.75) is 57.7 Å². The van der Waals surface area contributed by atoms with Crippen molar-refractivity contribution in [2.24, 2.45) is 0 Å². The van der Waals surface area contributed by atoms with Gasteiger partial charge in [-0.2, -0.15) is 0 Å². The molecule has 22 heavy (non-hydrogen) atoms. The number of aliphatic hydroxyl groups excluding tert-OH is 1. The summed E-state index contributed by atoms with van der Waals surface area (Å²) < 4.78 is 6.72. The van der Waals surface area contributed by atoms with Crippen LogP contribution in [0.4, 0.5) is 0 Å². The number of hydrogen-bond acceptors (Lipinski definition) is 3. The minimum atomic E-state index is -0.950. The Balaban J connectivity index is 2.25. The van der Waals surface area contributed by atoms with Crippen molar-refractivity contribution >= 4 is 27.3 Å². The van der Waals surface area contributed by atoms with Crippen LogP contribution in [0.15, 0.2) is 28.4 Å². The second kappa shape index (κ2) is 4.93. The Kier molecular flexibility index (Phi) is 3.53. The van der Waals surface area contributed by atoms with Gasteiger partial charge in [0.25, 0.3) is 0 Å². The number of benzene rings is 1. The molecule has 4 heteroatoms. The molecule has 0 spiro atoms. The first-order valence-corrected chi connectivity index (χ1v) is 8.41. The summed E-state index contributed by atoms with van der Waals surface area (Å²) in [5.74, 6) is 0.353. The number of aliphatic hydroxyl groups is 1. The minimum absolute atomic E-state index is 0.0248. The van der Waals surface area contributed by atoms with E-state index in [4.69, 9.17) is 4.74 Å². The maximum absolute atomic E-state index is 12.9. The van der Waals surface area contributed by atoms with Gasteiger partial charge >= 0.3 is 0 Å². The fourth-order valence-corrected chi connectivity index (χ4v) is 3.55. The second-order valence-electron chi connectivity index (χ2n) is 7.18. The van der Waals surface area contributed by atoms with Gasteiger partial charge in [-0.05, 0) is 69.7 Å². The third-order valence-corrected chi connectivity index (χ3v) is 4.89. The molecular formula is C18H21BrO3. The minimum Gasteiger partial charge on any atom is -0.508 e. The summed E-state index contributed by atoms with van der Waals surface area (Å²) in [5, 5.41) is 10.7. The second-order valence-corrected chi connectivity index (χ2v) is 8.10. The molecule has 1 aliphatic carbocycles. The molecule has 0 aromatic heterocycles. The van der Waals surface area contributed by atoms with Gasteiger partial charge in [0.1, 0.15) is 17.0 Å². The van der Waals surface area contributed by atoms with Crippen molar-refractivity contribution in [1.29, 1.82) is 0 Å². The first-order chi connectivity index (χ1) is 10.1. The van der Waals surface area contributed by atoms with Crippen molar-refractivity contribution in [3.05, 3.63) is 39.6 Å². The molecule has 3 nitrogen and oxygen atoms in total. The quantitative estimate of drug-likeness (QED) is 0.823. The molecule has 1 aromatic carbocycles. The number of Topliss-reactive ketones (excluding diaryl/α,β-unsaturated/α-hetero) is 1. The average molecular weight is 365 g/mol. The number of ether oxygens (including phenoxy) is 1. The van der Waals surface area contributed by atoms with E-state index in [0.29, 0.717) is 11.5 Å². The highest BCUT2D eigenvalue weighted by atomic mass is 79.9. The summed E-state index contributed by atoms with van der Waals surface area (Å²) in [6.07, 6.45) is 2.28. The number of halogens is 1. The highest BCUT2D eigenvalue weighted by Crippen LogP contribution is 2.47. The van der Waals surface area contributed by atoms with E-state index in [1.807, 2.05) is 12.1 Å². The van der Waals surface area contributed by atoms with Gasteiger partial charge in [-0.25, -0.2) is 0 Å². The van der Waals surface area contributed by atoms with E-state index in [1.165, 1.54) is 0 Å². The summed E-state index contributed by atoms with van der Waals surface area (Å²) in [4.78, 5) is 12.9. The Hall–Kier alpha value is -1.13. The molecule has 0 amide bonds. The maximum Gasteiger partial charge on any atom is 0.198 e. The zero-order valence-electron chi connectivity index (χ0n) is 13.4. The summed E-state index contributed by atoms with van der Waals surface area (Å²) in [6, 6.07) is 5.99. The Morgan fingerprint density at radius 3 is 2.41 bits per heavy atom. The van der Waals surface area contributed by atoms with Crippen LogP contribution in [-0.2, 0) is 9.53 Å². The number of rotatable bonds is 2. The zero-order valence-corrected chi connectivity index (χ0v) is 15.0.